The highest BCUT2D eigenvalue weighted by atomic mass is 79.9. The van der Waals surface area contributed by atoms with Crippen molar-refractivity contribution in [2.24, 2.45) is 0 Å². The van der Waals surface area contributed by atoms with E-state index in [1.807, 2.05) is 12.1 Å². The fraction of sp³-hybridized carbons (Fsp3) is 0.400. The van der Waals surface area contributed by atoms with E-state index in [1.165, 1.54) is 10.2 Å². The first-order chi connectivity index (χ1) is 9.65. The minimum Gasteiger partial charge on any atom is -0.356 e. The van der Waals surface area contributed by atoms with Crippen molar-refractivity contribution in [2.45, 2.75) is 25.8 Å². The number of aromatic nitrogens is 2. The Morgan fingerprint density at radius 1 is 1.15 bits per heavy atom. The van der Waals surface area contributed by atoms with Gasteiger partial charge in [0.2, 0.25) is 0 Å². The predicted octanol–water partition coefficient (Wildman–Crippen LogP) is 4.56. The second-order valence-electron chi connectivity index (χ2n) is 5.19. The summed E-state index contributed by atoms with van der Waals surface area (Å²) in [4.78, 5) is 6.91. The van der Waals surface area contributed by atoms with Crippen LogP contribution in [0.1, 0.15) is 24.6 Å². The van der Waals surface area contributed by atoms with Crippen molar-refractivity contribution >= 4 is 37.7 Å². The van der Waals surface area contributed by atoms with Crippen molar-refractivity contribution < 1.29 is 0 Å². The average Bonchev–Trinajstić information content (AvgIpc) is 2.79. The predicted molar refractivity (Wildman–Crippen MR) is 89.3 cm³/mol. The smallest absolute Gasteiger partial charge is 0.129 e. The molecule has 3 rings (SSSR count). The Kier molecular flexibility index (Phi) is 4.17. The van der Waals surface area contributed by atoms with Crippen LogP contribution >= 0.6 is 31.9 Å². The van der Waals surface area contributed by atoms with Crippen LogP contribution in [0.5, 0.6) is 0 Å². The van der Waals surface area contributed by atoms with Gasteiger partial charge in [-0.1, -0.05) is 6.07 Å². The molecule has 0 amide bonds. The van der Waals surface area contributed by atoms with Crippen molar-refractivity contribution in [1.82, 2.24) is 9.55 Å². The quantitative estimate of drug-likeness (QED) is 0.691. The summed E-state index contributed by atoms with van der Waals surface area (Å²) in [5.74, 6) is 1.07. The van der Waals surface area contributed by atoms with Crippen molar-refractivity contribution in [2.75, 3.05) is 18.0 Å². The molecule has 0 atom stereocenters. The van der Waals surface area contributed by atoms with Crippen molar-refractivity contribution in [3.05, 3.63) is 45.2 Å². The number of nitrogens with zero attached hydrogens (tertiary/aromatic N) is 3. The number of piperidine rings is 1. The molecule has 106 valence electrons. The van der Waals surface area contributed by atoms with Crippen LogP contribution in [0.3, 0.4) is 0 Å². The maximum Gasteiger partial charge on any atom is 0.129 e. The van der Waals surface area contributed by atoms with E-state index in [4.69, 9.17) is 0 Å². The summed E-state index contributed by atoms with van der Waals surface area (Å²) in [6, 6.07) is 8.84. The van der Waals surface area contributed by atoms with Gasteiger partial charge in [0.15, 0.2) is 0 Å². The van der Waals surface area contributed by atoms with Crippen molar-refractivity contribution in [3.63, 3.8) is 0 Å². The molecule has 20 heavy (non-hydrogen) atoms. The molecule has 0 spiro atoms. The Labute approximate surface area is 136 Å². The van der Waals surface area contributed by atoms with Gasteiger partial charge in [0.25, 0.3) is 0 Å². The highest BCUT2D eigenvalue weighted by molar-refractivity contribution is 9.10. The SMILES string of the molecule is Cc1c(Br)ccn1C1CCN(c2cccc(Br)n2)CC1. The second-order valence-corrected chi connectivity index (χ2v) is 6.86. The lowest BCUT2D eigenvalue weighted by Gasteiger charge is -2.34. The molecule has 3 nitrogen and oxygen atoms in total. The van der Waals surface area contributed by atoms with Gasteiger partial charge in [0.1, 0.15) is 10.4 Å². The molecule has 0 bridgehead atoms. The third-order valence-corrected chi connectivity index (χ3v) is 5.28. The number of halogens is 2. The average molecular weight is 399 g/mol. The molecule has 0 unspecified atom stereocenters. The van der Waals surface area contributed by atoms with E-state index in [2.05, 4.69) is 71.6 Å². The molecule has 0 saturated carbocycles. The van der Waals surface area contributed by atoms with Crippen LogP contribution in [0.2, 0.25) is 0 Å². The number of rotatable bonds is 2. The molecule has 0 radical (unpaired) electrons. The second kappa shape index (κ2) is 5.90. The molecule has 1 aliphatic heterocycles. The van der Waals surface area contributed by atoms with E-state index in [0.29, 0.717) is 6.04 Å². The molecule has 3 heterocycles. The van der Waals surface area contributed by atoms with E-state index in [-0.39, 0.29) is 0 Å². The lowest BCUT2D eigenvalue weighted by molar-refractivity contribution is 0.390. The highest BCUT2D eigenvalue weighted by Gasteiger charge is 2.22. The third-order valence-electron chi connectivity index (χ3n) is 4.00. The Hall–Kier alpha value is -0.810. The highest BCUT2D eigenvalue weighted by Crippen LogP contribution is 2.29. The number of hydrogen-bond donors (Lipinski definition) is 0. The molecule has 1 saturated heterocycles. The molecule has 0 aliphatic carbocycles. The van der Waals surface area contributed by atoms with Gasteiger partial charge >= 0.3 is 0 Å². The standard InChI is InChI=1S/C15H17Br2N3/c1-11-13(16)7-10-20(11)12-5-8-19(9-6-12)15-4-2-3-14(17)18-15/h2-4,7,10,12H,5-6,8-9H2,1H3. The lowest BCUT2D eigenvalue weighted by atomic mass is 10.0. The van der Waals surface area contributed by atoms with Crippen LogP contribution in [-0.2, 0) is 0 Å². The first-order valence-corrected chi connectivity index (χ1v) is 8.44. The van der Waals surface area contributed by atoms with Crippen molar-refractivity contribution in [3.8, 4) is 0 Å². The van der Waals surface area contributed by atoms with Crippen LogP contribution in [0.15, 0.2) is 39.5 Å². The van der Waals surface area contributed by atoms with Crippen LogP contribution in [-0.4, -0.2) is 22.6 Å². The van der Waals surface area contributed by atoms with Gasteiger partial charge in [-0.15, -0.1) is 0 Å². The Morgan fingerprint density at radius 2 is 1.90 bits per heavy atom. The topological polar surface area (TPSA) is 21.1 Å². The fourth-order valence-corrected chi connectivity index (χ4v) is 3.50. The molecule has 2 aromatic heterocycles. The Morgan fingerprint density at radius 3 is 2.50 bits per heavy atom. The summed E-state index contributed by atoms with van der Waals surface area (Å²) in [5, 5.41) is 0. The Bertz CT molecular complexity index is 601. The largest absolute Gasteiger partial charge is 0.356 e. The maximum atomic E-state index is 4.54. The van der Waals surface area contributed by atoms with E-state index in [9.17, 15) is 0 Å². The van der Waals surface area contributed by atoms with Gasteiger partial charge in [0.05, 0.1) is 0 Å². The number of pyridine rings is 1. The minimum absolute atomic E-state index is 0.602. The zero-order valence-corrected chi connectivity index (χ0v) is 14.6. The molecule has 0 N–H and O–H groups in total. The lowest BCUT2D eigenvalue weighted by Crippen LogP contribution is -2.35. The molecule has 1 aliphatic rings. The molecule has 5 heteroatoms. The van der Waals surface area contributed by atoms with E-state index in [1.54, 1.807) is 0 Å². The van der Waals surface area contributed by atoms with Gasteiger partial charge in [-0.2, -0.15) is 0 Å². The van der Waals surface area contributed by atoms with Gasteiger partial charge < -0.3 is 9.47 Å². The minimum atomic E-state index is 0.602. The van der Waals surface area contributed by atoms with E-state index >= 15 is 0 Å². The molecular formula is C15H17Br2N3. The zero-order chi connectivity index (χ0) is 14.1. The summed E-state index contributed by atoms with van der Waals surface area (Å²) in [6.45, 7) is 4.29. The van der Waals surface area contributed by atoms with Crippen LogP contribution in [0.25, 0.3) is 0 Å². The normalized spacial score (nSPS) is 16.6. The number of anilines is 1. The molecule has 1 fully saturated rings. The van der Waals surface area contributed by atoms with E-state index in [0.717, 1.165) is 36.4 Å². The summed E-state index contributed by atoms with van der Waals surface area (Å²) < 4.78 is 4.51. The summed E-state index contributed by atoms with van der Waals surface area (Å²) in [5.41, 5.74) is 1.32. The van der Waals surface area contributed by atoms with Gasteiger partial charge in [-0.05, 0) is 69.8 Å². The number of hydrogen-bond acceptors (Lipinski definition) is 2. The van der Waals surface area contributed by atoms with Gasteiger partial charge in [-0.25, -0.2) is 4.98 Å². The third kappa shape index (κ3) is 2.79. The first-order valence-electron chi connectivity index (χ1n) is 6.85. The molecular weight excluding hydrogens is 382 g/mol. The van der Waals surface area contributed by atoms with Gasteiger partial charge in [0, 0.05) is 35.5 Å². The summed E-state index contributed by atoms with van der Waals surface area (Å²) >= 11 is 7.04. The van der Waals surface area contributed by atoms with Crippen LogP contribution in [0.4, 0.5) is 5.82 Å². The zero-order valence-electron chi connectivity index (χ0n) is 11.4. The molecule has 0 aromatic carbocycles. The Balaban J connectivity index is 1.69. The fourth-order valence-electron chi connectivity index (χ4n) is 2.84. The van der Waals surface area contributed by atoms with Crippen LogP contribution in [0, 0.1) is 6.92 Å². The maximum absolute atomic E-state index is 4.54. The van der Waals surface area contributed by atoms with Crippen LogP contribution < -0.4 is 4.90 Å². The van der Waals surface area contributed by atoms with Crippen molar-refractivity contribution in [1.29, 1.82) is 0 Å². The van der Waals surface area contributed by atoms with E-state index < -0.39 is 0 Å². The van der Waals surface area contributed by atoms with Gasteiger partial charge in [-0.3, -0.25) is 0 Å². The molecule has 2 aromatic rings. The first kappa shape index (κ1) is 14.1. The summed E-state index contributed by atoms with van der Waals surface area (Å²) in [7, 11) is 0. The summed E-state index contributed by atoms with van der Waals surface area (Å²) in [6.07, 6.45) is 4.52. The monoisotopic (exact) mass is 397 g/mol.